The Morgan fingerprint density at radius 2 is 1.88 bits per heavy atom. The minimum Gasteiger partial charge on any atom is -0.562 e. The first-order valence-electron chi connectivity index (χ1n) is 9.41. The summed E-state index contributed by atoms with van der Waals surface area (Å²) in [5, 5.41) is 19.7. The maximum Gasteiger partial charge on any atom is 0.908 e. The molecule has 2 aliphatic rings. The van der Waals surface area contributed by atoms with Gasteiger partial charge in [0.25, 0.3) is 11.7 Å². The number of hydrogen-bond acceptors (Lipinski definition) is 10. The number of nitrogens with zero attached hydrogens (tertiary/aromatic N) is 4. The van der Waals surface area contributed by atoms with Crippen LogP contribution in [0.4, 0.5) is 11.4 Å². The largest absolute Gasteiger partial charge is 0.908 e. The standard InChI is InChI=1S/C19H16BN5O7/c1-12-17(22-21-14-8-4-3-5-9-14)19(27)32-20(30-13(2)26)24(12)23-18(31-20)15-10-6-7-11-16(15)25(28)29/h3-11,21H,1-2H3/b22-17+. The Bertz CT molecular complexity index is 1230. The molecule has 12 nitrogen and oxygen atoms in total. The minimum absolute atomic E-state index is 0.0186. The fraction of sp³-hybridized carbons (Fsp3) is 0.105. The summed E-state index contributed by atoms with van der Waals surface area (Å²) in [5.74, 6) is -1.98. The molecule has 13 heteroatoms. The molecule has 2 aliphatic heterocycles. The van der Waals surface area contributed by atoms with Crippen molar-refractivity contribution in [3.8, 4) is 0 Å². The van der Waals surface area contributed by atoms with Crippen LogP contribution in [0, 0.1) is 10.1 Å². The third-order valence-corrected chi connectivity index (χ3v) is 4.61. The fourth-order valence-corrected chi connectivity index (χ4v) is 3.22. The lowest BCUT2D eigenvalue weighted by molar-refractivity contribution is -0.443. The quantitative estimate of drug-likeness (QED) is 0.423. The number of nitrogens with one attached hydrogen (secondary N) is 1. The highest BCUT2D eigenvalue weighted by molar-refractivity contribution is 6.74. The molecular formula is C19H16BN5O7. The van der Waals surface area contributed by atoms with Crippen molar-refractivity contribution < 1.29 is 33.1 Å². The van der Waals surface area contributed by atoms with Gasteiger partial charge in [-0.05, 0) is 23.3 Å². The van der Waals surface area contributed by atoms with Crippen LogP contribution in [0.3, 0.4) is 0 Å². The predicted octanol–water partition coefficient (Wildman–Crippen LogP) is 1.78. The molecule has 1 unspecified atom stereocenters. The molecule has 4 rings (SSSR count). The Labute approximate surface area is 181 Å². The van der Waals surface area contributed by atoms with Crippen LogP contribution in [-0.2, 0) is 23.6 Å². The summed E-state index contributed by atoms with van der Waals surface area (Å²) < 4.78 is 17.3. The van der Waals surface area contributed by atoms with Crippen LogP contribution in [0.15, 0.2) is 64.8 Å². The highest BCUT2D eigenvalue weighted by atomic mass is 16.8. The number of hydrogen-bond donors (Lipinski definition) is 1. The number of hydrazone groups is 2. The number of fused-ring (bicyclic) bond motifs is 1. The van der Waals surface area contributed by atoms with E-state index in [9.17, 15) is 19.7 Å². The molecule has 162 valence electrons. The van der Waals surface area contributed by atoms with Gasteiger partial charge in [-0.2, -0.15) is 9.70 Å². The summed E-state index contributed by atoms with van der Waals surface area (Å²) in [7, 11) is 0. The first-order valence-corrected chi connectivity index (χ1v) is 9.41. The second-order valence-electron chi connectivity index (χ2n) is 6.79. The predicted molar refractivity (Wildman–Crippen MR) is 113 cm³/mol. The van der Waals surface area contributed by atoms with E-state index in [0.29, 0.717) is 5.69 Å². The Balaban J connectivity index is 1.81. The van der Waals surface area contributed by atoms with E-state index < -0.39 is 23.8 Å². The first kappa shape index (κ1) is 20.7. The zero-order chi connectivity index (χ0) is 22.9. The van der Waals surface area contributed by atoms with Gasteiger partial charge in [0.2, 0.25) is 11.6 Å². The number of nitro benzene ring substituents is 1. The van der Waals surface area contributed by atoms with E-state index in [-0.39, 0.29) is 28.6 Å². The summed E-state index contributed by atoms with van der Waals surface area (Å²) >= 11 is 0. The van der Waals surface area contributed by atoms with Gasteiger partial charge in [0.15, 0.2) is 5.71 Å². The molecule has 1 atom stereocenters. The van der Waals surface area contributed by atoms with Crippen LogP contribution in [0.25, 0.3) is 0 Å². The number of carbonyl (C=O) groups is 2. The molecule has 32 heavy (non-hydrogen) atoms. The summed E-state index contributed by atoms with van der Waals surface area (Å²) in [4.78, 5) is 35.3. The molecule has 0 fully saturated rings. The van der Waals surface area contributed by atoms with Crippen molar-refractivity contribution in [1.82, 2.24) is 0 Å². The average molecular weight is 437 g/mol. The van der Waals surface area contributed by atoms with E-state index in [2.05, 4.69) is 15.6 Å². The van der Waals surface area contributed by atoms with Gasteiger partial charge in [-0.15, -0.1) is 0 Å². The average Bonchev–Trinajstić information content (AvgIpc) is 3.12. The number of benzene rings is 2. The highest BCUT2D eigenvalue weighted by Gasteiger charge is 2.66. The number of para-hydroxylation sites is 2. The summed E-state index contributed by atoms with van der Waals surface area (Å²) in [6.45, 7) is -0.615. The molecular weight excluding hydrogens is 421 g/mol. The van der Waals surface area contributed by atoms with Gasteiger partial charge in [0.05, 0.1) is 10.6 Å². The number of rotatable bonds is 5. The van der Waals surface area contributed by atoms with E-state index in [0.717, 1.165) is 11.5 Å². The smallest absolute Gasteiger partial charge is 0.562 e. The van der Waals surface area contributed by atoms with Crippen molar-refractivity contribution in [1.29, 1.82) is 0 Å². The number of anilines is 1. The zero-order valence-electron chi connectivity index (χ0n) is 16.9. The second-order valence-corrected chi connectivity index (χ2v) is 6.79. The third kappa shape index (κ3) is 3.66. The maximum atomic E-state index is 12.7. The van der Waals surface area contributed by atoms with E-state index in [1.807, 2.05) is 6.07 Å². The molecule has 0 amide bonds. The molecule has 0 saturated heterocycles. The molecule has 0 aliphatic carbocycles. The maximum absolute atomic E-state index is 12.7. The van der Waals surface area contributed by atoms with Crippen molar-refractivity contribution in [3.05, 3.63) is 70.3 Å². The van der Waals surface area contributed by atoms with Gasteiger partial charge in [0.1, 0.15) is 5.56 Å². The van der Waals surface area contributed by atoms with Crippen LogP contribution in [0.2, 0.25) is 0 Å². The summed E-state index contributed by atoms with van der Waals surface area (Å²) in [6, 6.07) is 14.6. The zero-order valence-corrected chi connectivity index (χ0v) is 16.9. The number of nitro groups is 1. The molecule has 0 saturated carbocycles. The van der Waals surface area contributed by atoms with Gasteiger partial charge in [-0.1, -0.05) is 30.3 Å². The van der Waals surface area contributed by atoms with Crippen molar-refractivity contribution in [3.63, 3.8) is 0 Å². The fourth-order valence-electron chi connectivity index (χ4n) is 3.22. The van der Waals surface area contributed by atoms with Crippen molar-refractivity contribution in [2.45, 2.75) is 13.8 Å². The summed E-state index contributed by atoms with van der Waals surface area (Å²) in [6.07, 6.45) is 0. The molecule has 0 radical (unpaired) electrons. The van der Waals surface area contributed by atoms with Gasteiger partial charge in [-0.25, -0.2) is 4.79 Å². The first-order chi connectivity index (χ1) is 15.3. The van der Waals surface area contributed by atoms with Crippen molar-refractivity contribution >= 4 is 47.5 Å². The normalized spacial score (nSPS) is 20.8. The van der Waals surface area contributed by atoms with Crippen LogP contribution < -0.4 is 5.43 Å². The molecule has 0 spiro atoms. The van der Waals surface area contributed by atoms with E-state index in [1.165, 1.54) is 25.1 Å². The summed E-state index contributed by atoms with van der Waals surface area (Å²) in [5.41, 5.74) is 3.09. The van der Waals surface area contributed by atoms with Gasteiger partial charge in [0, 0.05) is 19.9 Å². The molecule has 2 aromatic carbocycles. The van der Waals surface area contributed by atoms with Crippen LogP contribution in [0.5, 0.6) is 0 Å². The lowest BCUT2D eigenvalue weighted by Crippen LogP contribution is -2.61. The van der Waals surface area contributed by atoms with Crippen molar-refractivity contribution in [2.75, 3.05) is 5.43 Å². The van der Waals surface area contributed by atoms with Crippen LogP contribution in [0.1, 0.15) is 19.4 Å². The van der Waals surface area contributed by atoms with E-state index in [1.54, 1.807) is 30.3 Å². The Hall–Kier alpha value is -4.55. The molecule has 0 aromatic heterocycles. The molecule has 1 N–H and O–H groups in total. The SMILES string of the molecule is CC(=O)O[B-]12OC(=O)/C(=N/Nc3ccccc3)C(C)=[N+]1N=C(c1ccccc1[N+](=O)[O-])O2. The molecule has 2 aromatic rings. The van der Waals surface area contributed by atoms with Gasteiger partial charge in [-0.3, -0.25) is 20.3 Å². The van der Waals surface area contributed by atoms with E-state index in [4.69, 9.17) is 14.0 Å². The Morgan fingerprint density at radius 1 is 1.19 bits per heavy atom. The number of carbonyl (C=O) groups excluding carboxylic acids is 2. The van der Waals surface area contributed by atoms with Crippen molar-refractivity contribution in [2.24, 2.45) is 10.2 Å². The molecule has 0 bridgehead atoms. The monoisotopic (exact) mass is 437 g/mol. The topological polar surface area (TPSA) is 145 Å². The minimum atomic E-state index is -3.22. The third-order valence-electron chi connectivity index (χ3n) is 4.61. The Kier molecular flexibility index (Phi) is 5.14. The lowest BCUT2D eigenvalue weighted by atomic mass is 9.93. The van der Waals surface area contributed by atoms with Crippen LogP contribution >= 0.6 is 0 Å². The van der Waals surface area contributed by atoms with E-state index >= 15 is 0 Å². The van der Waals surface area contributed by atoms with Crippen LogP contribution in [-0.4, -0.2) is 45.7 Å². The Morgan fingerprint density at radius 3 is 2.56 bits per heavy atom. The van der Waals surface area contributed by atoms with Gasteiger partial charge < -0.3 is 14.0 Å². The lowest BCUT2D eigenvalue weighted by Gasteiger charge is -2.30. The highest BCUT2D eigenvalue weighted by Crippen LogP contribution is 2.29. The molecule has 2 heterocycles. The second kappa shape index (κ2) is 7.94. The van der Waals surface area contributed by atoms with Gasteiger partial charge >= 0.3 is 12.9 Å².